The second-order valence-electron chi connectivity index (χ2n) is 6.37. The second-order valence-corrected chi connectivity index (χ2v) is 6.37. The summed E-state index contributed by atoms with van der Waals surface area (Å²) in [6, 6.07) is 0. The Bertz CT molecular complexity index is 605. The lowest BCUT2D eigenvalue weighted by atomic mass is 9.92. The molecule has 0 N–H and O–H groups in total. The fourth-order valence-corrected chi connectivity index (χ4v) is 1.91. The number of carbonyl (C=O) groups is 2. The number of nitrogens with zero attached hydrogens (tertiary/aromatic N) is 3. The van der Waals surface area contributed by atoms with Gasteiger partial charge in [-0.1, -0.05) is 0 Å². The van der Waals surface area contributed by atoms with Crippen molar-refractivity contribution in [2.75, 3.05) is 7.05 Å². The van der Waals surface area contributed by atoms with E-state index in [2.05, 4.69) is 5.10 Å². The summed E-state index contributed by atoms with van der Waals surface area (Å²) in [4.78, 5) is 24.5. The first kappa shape index (κ1) is 19.0. The molecule has 0 fully saturated rings. The van der Waals surface area contributed by atoms with Crippen LogP contribution in [0, 0.1) is 0 Å². The number of likely N-dealkylation sites (N-methyl/N-ethyl adjacent to an activating group) is 1. The monoisotopic (exact) mass is 335 g/mol. The van der Waals surface area contributed by atoms with Crippen molar-refractivity contribution in [3.05, 3.63) is 17.5 Å². The largest absolute Gasteiger partial charge is 0.444 e. The van der Waals surface area contributed by atoms with E-state index in [-0.39, 0.29) is 6.29 Å². The van der Waals surface area contributed by atoms with Gasteiger partial charge >= 0.3 is 12.3 Å². The molecule has 1 heterocycles. The number of ether oxygens (including phenoxy) is 1. The number of aryl methyl sites for hydroxylation is 1. The van der Waals surface area contributed by atoms with E-state index >= 15 is 0 Å². The first-order chi connectivity index (χ1) is 10.2. The van der Waals surface area contributed by atoms with Crippen LogP contribution in [-0.2, 0) is 28.3 Å². The number of aldehydes is 1. The molecule has 0 radical (unpaired) electrons. The van der Waals surface area contributed by atoms with Gasteiger partial charge in [-0.15, -0.1) is 0 Å². The minimum Gasteiger partial charge on any atom is -0.444 e. The van der Waals surface area contributed by atoms with Crippen LogP contribution in [0.1, 0.15) is 39.0 Å². The highest BCUT2D eigenvalue weighted by Gasteiger charge is 2.46. The first-order valence-electron chi connectivity index (χ1n) is 6.77. The molecule has 1 atom stereocenters. The third-order valence-electron chi connectivity index (χ3n) is 3.24. The molecule has 1 unspecified atom stereocenters. The van der Waals surface area contributed by atoms with Gasteiger partial charge in [-0.3, -0.25) is 9.58 Å². The molecule has 0 aliphatic carbocycles. The highest BCUT2D eigenvalue weighted by molar-refractivity contribution is 5.78. The number of carbonyl (C=O) groups excluding carboxylic acids is 2. The van der Waals surface area contributed by atoms with Gasteiger partial charge < -0.3 is 9.53 Å². The molecule has 0 aliphatic rings. The van der Waals surface area contributed by atoms with Gasteiger partial charge in [0.1, 0.15) is 17.4 Å². The molecule has 9 heteroatoms. The zero-order chi connectivity index (χ0) is 18.2. The Kier molecular flexibility index (Phi) is 4.84. The summed E-state index contributed by atoms with van der Waals surface area (Å²) in [6.07, 6.45) is -4.33. The van der Waals surface area contributed by atoms with E-state index in [0.29, 0.717) is 0 Å². The number of hydrogen-bond donors (Lipinski definition) is 0. The van der Waals surface area contributed by atoms with Crippen molar-refractivity contribution in [1.29, 1.82) is 0 Å². The van der Waals surface area contributed by atoms with E-state index in [9.17, 15) is 22.8 Å². The smallest absolute Gasteiger partial charge is 0.435 e. The number of rotatable bonds is 3. The zero-order valence-corrected chi connectivity index (χ0v) is 13.9. The molecular formula is C14H20F3N3O3. The van der Waals surface area contributed by atoms with Crippen molar-refractivity contribution in [3.8, 4) is 0 Å². The van der Waals surface area contributed by atoms with Crippen LogP contribution in [0.2, 0.25) is 0 Å². The Hall–Kier alpha value is -2.06. The molecule has 0 aliphatic heterocycles. The average Bonchev–Trinajstić information content (AvgIpc) is 2.77. The van der Waals surface area contributed by atoms with Gasteiger partial charge in [0.25, 0.3) is 0 Å². The van der Waals surface area contributed by atoms with Crippen molar-refractivity contribution in [3.63, 3.8) is 0 Å². The summed E-state index contributed by atoms with van der Waals surface area (Å²) in [5.74, 6) is 0. The van der Waals surface area contributed by atoms with Crippen LogP contribution in [0.3, 0.4) is 0 Å². The molecule has 0 aromatic carbocycles. The standard InChI is InChI=1S/C14H20F3N3O3/c1-12(2,3)23-11(22)20(6)13(4,8-21)9-7-19(5)18-10(9)14(15,16)17/h7-8H,1-6H3. The van der Waals surface area contributed by atoms with Crippen molar-refractivity contribution in [1.82, 2.24) is 14.7 Å². The van der Waals surface area contributed by atoms with Gasteiger partial charge in [-0.25, -0.2) is 4.79 Å². The lowest BCUT2D eigenvalue weighted by molar-refractivity contribution is -0.143. The number of hydrogen-bond acceptors (Lipinski definition) is 4. The SMILES string of the molecule is CN(C(=O)OC(C)(C)C)C(C)(C=O)c1cn(C)nc1C(F)(F)F. The number of amides is 1. The molecular weight excluding hydrogens is 315 g/mol. The third kappa shape index (κ3) is 4.02. The van der Waals surface area contributed by atoms with Crippen LogP contribution in [0.25, 0.3) is 0 Å². The maximum Gasteiger partial charge on any atom is 0.435 e. The molecule has 0 saturated carbocycles. The van der Waals surface area contributed by atoms with Crippen LogP contribution in [-0.4, -0.2) is 39.7 Å². The van der Waals surface area contributed by atoms with Crippen LogP contribution < -0.4 is 0 Å². The molecule has 6 nitrogen and oxygen atoms in total. The Balaban J connectivity index is 3.36. The van der Waals surface area contributed by atoms with E-state index in [1.807, 2.05) is 0 Å². The molecule has 130 valence electrons. The molecule has 0 bridgehead atoms. The Morgan fingerprint density at radius 1 is 1.30 bits per heavy atom. The Labute approximate surface area is 132 Å². The van der Waals surface area contributed by atoms with Crippen molar-refractivity contribution >= 4 is 12.4 Å². The predicted octanol–water partition coefficient (Wildman–Crippen LogP) is 2.72. The van der Waals surface area contributed by atoms with Crippen LogP contribution in [0.4, 0.5) is 18.0 Å². The molecule has 1 rings (SSSR count). The highest BCUT2D eigenvalue weighted by Crippen LogP contribution is 2.37. The fourth-order valence-electron chi connectivity index (χ4n) is 1.91. The molecule has 23 heavy (non-hydrogen) atoms. The Morgan fingerprint density at radius 2 is 1.83 bits per heavy atom. The first-order valence-corrected chi connectivity index (χ1v) is 6.77. The summed E-state index contributed by atoms with van der Waals surface area (Å²) in [5.41, 5.74) is -4.36. The fraction of sp³-hybridized carbons (Fsp3) is 0.643. The van der Waals surface area contributed by atoms with Crippen LogP contribution >= 0.6 is 0 Å². The minimum atomic E-state index is -4.75. The molecule has 1 amide bonds. The van der Waals surface area contributed by atoms with Gasteiger partial charge in [0.05, 0.1) is 0 Å². The zero-order valence-electron chi connectivity index (χ0n) is 13.9. The van der Waals surface area contributed by atoms with Crippen LogP contribution in [0.5, 0.6) is 0 Å². The van der Waals surface area contributed by atoms with E-state index in [1.165, 1.54) is 21.0 Å². The lowest BCUT2D eigenvalue weighted by Gasteiger charge is -2.35. The van der Waals surface area contributed by atoms with E-state index in [0.717, 1.165) is 15.8 Å². The lowest BCUT2D eigenvalue weighted by Crippen LogP contribution is -2.48. The topological polar surface area (TPSA) is 64.4 Å². The average molecular weight is 335 g/mol. The summed E-state index contributed by atoms with van der Waals surface area (Å²) < 4.78 is 45.5. The van der Waals surface area contributed by atoms with Gasteiger partial charge in [0.15, 0.2) is 5.69 Å². The minimum absolute atomic E-state index is 0.267. The normalized spacial score (nSPS) is 15.0. The van der Waals surface area contributed by atoms with E-state index < -0.39 is 34.7 Å². The molecule has 1 aromatic rings. The second kappa shape index (κ2) is 5.86. The summed E-state index contributed by atoms with van der Waals surface area (Å²) in [6.45, 7) is 6.04. The number of halogens is 3. The number of aromatic nitrogens is 2. The molecule has 0 saturated heterocycles. The van der Waals surface area contributed by atoms with Gasteiger partial charge in [0, 0.05) is 25.9 Å². The van der Waals surface area contributed by atoms with E-state index in [4.69, 9.17) is 4.74 Å². The Morgan fingerprint density at radius 3 is 2.22 bits per heavy atom. The van der Waals surface area contributed by atoms with E-state index in [1.54, 1.807) is 20.8 Å². The number of alkyl halides is 3. The maximum atomic E-state index is 13.1. The highest BCUT2D eigenvalue weighted by atomic mass is 19.4. The van der Waals surface area contributed by atoms with Crippen molar-refractivity contribution in [2.45, 2.75) is 45.0 Å². The van der Waals surface area contributed by atoms with Crippen molar-refractivity contribution < 1.29 is 27.5 Å². The predicted molar refractivity (Wildman–Crippen MR) is 75.6 cm³/mol. The van der Waals surface area contributed by atoms with Gasteiger partial charge in [-0.2, -0.15) is 18.3 Å². The van der Waals surface area contributed by atoms with Gasteiger partial charge in [-0.05, 0) is 27.7 Å². The quantitative estimate of drug-likeness (QED) is 0.797. The molecule has 0 spiro atoms. The third-order valence-corrected chi connectivity index (χ3v) is 3.24. The van der Waals surface area contributed by atoms with Crippen LogP contribution in [0.15, 0.2) is 6.20 Å². The maximum absolute atomic E-state index is 13.1. The van der Waals surface area contributed by atoms with Gasteiger partial charge in [0.2, 0.25) is 0 Å². The summed E-state index contributed by atoms with van der Waals surface area (Å²) in [7, 11) is 2.51. The summed E-state index contributed by atoms with van der Waals surface area (Å²) >= 11 is 0. The molecule has 1 aromatic heterocycles. The van der Waals surface area contributed by atoms with Crippen molar-refractivity contribution in [2.24, 2.45) is 7.05 Å². The summed E-state index contributed by atoms with van der Waals surface area (Å²) in [5, 5.41) is 3.37.